The van der Waals surface area contributed by atoms with Gasteiger partial charge >= 0.3 is 0 Å². The first-order chi connectivity index (χ1) is 8.31. The maximum Gasteiger partial charge on any atom is 0.0578 e. The zero-order valence-corrected chi connectivity index (χ0v) is 11.1. The quantitative estimate of drug-likeness (QED) is 0.522. The smallest absolute Gasteiger partial charge is 0.0578 e. The van der Waals surface area contributed by atoms with Crippen LogP contribution < -0.4 is 10.6 Å². The molecule has 0 unspecified atom stereocenters. The van der Waals surface area contributed by atoms with E-state index in [9.17, 15) is 0 Å². The Morgan fingerprint density at radius 2 is 1.82 bits per heavy atom. The number of hydrogen-bond acceptors (Lipinski definition) is 2. The minimum Gasteiger partial charge on any atom is -0.384 e. The summed E-state index contributed by atoms with van der Waals surface area (Å²) in [6.45, 7) is 9.90. The van der Waals surface area contributed by atoms with Crippen molar-refractivity contribution >= 4 is 11.4 Å². The van der Waals surface area contributed by atoms with Crippen LogP contribution in [0.2, 0.25) is 0 Å². The van der Waals surface area contributed by atoms with Crippen LogP contribution in [0, 0.1) is 0 Å². The second-order valence-corrected chi connectivity index (χ2v) is 4.12. The third-order valence-electron chi connectivity index (χ3n) is 2.69. The number of nitrogens with one attached hydrogen (secondary N) is 2. The fourth-order valence-electron chi connectivity index (χ4n) is 1.88. The van der Waals surface area contributed by atoms with Crippen LogP contribution in [0.15, 0.2) is 30.9 Å². The van der Waals surface area contributed by atoms with Crippen molar-refractivity contribution in [2.75, 3.05) is 23.7 Å². The number of aryl methyl sites for hydroxylation is 1. The van der Waals surface area contributed by atoms with Crippen LogP contribution in [0.4, 0.5) is 11.4 Å². The molecule has 2 N–H and O–H groups in total. The standard InChI is InChI=1S/C15H24N2/c1-4-7-8-9-13-10-11-14(16-5-2)15(12-13)17-6-3/h4,10-12,16-17H,1,5-9H2,2-3H3. The summed E-state index contributed by atoms with van der Waals surface area (Å²) in [4.78, 5) is 0. The van der Waals surface area contributed by atoms with Crippen LogP contribution in [0.5, 0.6) is 0 Å². The van der Waals surface area contributed by atoms with Gasteiger partial charge in [0.25, 0.3) is 0 Å². The van der Waals surface area contributed by atoms with Gasteiger partial charge in [-0.2, -0.15) is 0 Å². The van der Waals surface area contributed by atoms with Crippen LogP contribution in [0.1, 0.15) is 32.3 Å². The van der Waals surface area contributed by atoms with Gasteiger partial charge in [0.1, 0.15) is 0 Å². The molecule has 0 saturated carbocycles. The van der Waals surface area contributed by atoms with Crippen molar-refractivity contribution in [2.45, 2.75) is 33.1 Å². The van der Waals surface area contributed by atoms with E-state index in [4.69, 9.17) is 0 Å². The lowest BCUT2D eigenvalue weighted by atomic mass is 10.1. The Kier molecular flexibility index (Phi) is 6.23. The van der Waals surface area contributed by atoms with Gasteiger partial charge in [0.05, 0.1) is 11.4 Å². The highest BCUT2D eigenvalue weighted by Gasteiger charge is 2.02. The third-order valence-corrected chi connectivity index (χ3v) is 2.69. The van der Waals surface area contributed by atoms with Crippen molar-refractivity contribution in [3.63, 3.8) is 0 Å². The highest BCUT2D eigenvalue weighted by molar-refractivity contribution is 5.69. The van der Waals surface area contributed by atoms with Crippen molar-refractivity contribution in [3.05, 3.63) is 36.4 Å². The Bertz CT molecular complexity index is 345. The van der Waals surface area contributed by atoms with E-state index < -0.39 is 0 Å². The molecule has 2 heteroatoms. The van der Waals surface area contributed by atoms with E-state index in [-0.39, 0.29) is 0 Å². The minimum absolute atomic E-state index is 0.953. The topological polar surface area (TPSA) is 24.1 Å². The van der Waals surface area contributed by atoms with Gasteiger partial charge in [-0.15, -0.1) is 6.58 Å². The number of rotatable bonds is 8. The van der Waals surface area contributed by atoms with Crippen LogP contribution in [-0.2, 0) is 6.42 Å². The summed E-state index contributed by atoms with van der Waals surface area (Å²) >= 11 is 0. The highest BCUT2D eigenvalue weighted by Crippen LogP contribution is 2.24. The summed E-state index contributed by atoms with van der Waals surface area (Å²) in [6, 6.07) is 6.64. The van der Waals surface area contributed by atoms with E-state index in [1.807, 2.05) is 6.08 Å². The Labute approximate surface area is 105 Å². The zero-order valence-electron chi connectivity index (χ0n) is 11.1. The number of allylic oxidation sites excluding steroid dienone is 1. The van der Waals surface area contributed by atoms with Gasteiger partial charge in [0.15, 0.2) is 0 Å². The molecule has 0 aliphatic rings. The first kappa shape index (κ1) is 13.6. The van der Waals surface area contributed by atoms with E-state index in [1.54, 1.807) is 0 Å². The second kappa shape index (κ2) is 7.77. The predicted molar refractivity (Wildman–Crippen MR) is 77.9 cm³/mol. The van der Waals surface area contributed by atoms with Gasteiger partial charge in [-0.3, -0.25) is 0 Å². The molecule has 0 spiro atoms. The maximum absolute atomic E-state index is 3.75. The van der Waals surface area contributed by atoms with Crippen LogP contribution in [0.3, 0.4) is 0 Å². The summed E-state index contributed by atoms with van der Waals surface area (Å²) in [6.07, 6.45) is 5.37. The molecule has 1 aromatic carbocycles. The monoisotopic (exact) mass is 232 g/mol. The molecule has 0 fully saturated rings. The van der Waals surface area contributed by atoms with Crippen LogP contribution in [-0.4, -0.2) is 13.1 Å². The van der Waals surface area contributed by atoms with E-state index >= 15 is 0 Å². The highest BCUT2D eigenvalue weighted by atomic mass is 14.9. The van der Waals surface area contributed by atoms with Crippen molar-refractivity contribution in [3.8, 4) is 0 Å². The molecule has 0 amide bonds. The lowest BCUT2D eigenvalue weighted by Crippen LogP contribution is -2.04. The molecule has 0 radical (unpaired) electrons. The Hall–Kier alpha value is -1.44. The first-order valence-corrected chi connectivity index (χ1v) is 6.53. The van der Waals surface area contributed by atoms with Gasteiger partial charge in [0, 0.05) is 13.1 Å². The average Bonchev–Trinajstić information content (AvgIpc) is 2.33. The Morgan fingerprint density at radius 3 is 2.47 bits per heavy atom. The van der Waals surface area contributed by atoms with Crippen molar-refractivity contribution in [1.29, 1.82) is 0 Å². The molecule has 17 heavy (non-hydrogen) atoms. The van der Waals surface area contributed by atoms with Crippen molar-refractivity contribution in [2.24, 2.45) is 0 Å². The fraction of sp³-hybridized carbons (Fsp3) is 0.467. The van der Waals surface area contributed by atoms with Gasteiger partial charge in [-0.25, -0.2) is 0 Å². The third kappa shape index (κ3) is 4.51. The lowest BCUT2D eigenvalue weighted by Gasteiger charge is -2.13. The van der Waals surface area contributed by atoms with E-state index in [1.165, 1.54) is 23.4 Å². The molecule has 0 saturated heterocycles. The summed E-state index contributed by atoms with van der Waals surface area (Å²) in [7, 11) is 0. The lowest BCUT2D eigenvalue weighted by molar-refractivity contribution is 0.844. The molecule has 0 aliphatic carbocycles. The number of benzene rings is 1. The molecular weight excluding hydrogens is 208 g/mol. The summed E-state index contributed by atoms with van der Waals surface area (Å²) in [5.74, 6) is 0. The van der Waals surface area contributed by atoms with Crippen LogP contribution >= 0.6 is 0 Å². The predicted octanol–water partition coefficient (Wildman–Crippen LogP) is 4.06. The summed E-state index contributed by atoms with van der Waals surface area (Å²) < 4.78 is 0. The second-order valence-electron chi connectivity index (χ2n) is 4.12. The summed E-state index contributed by atoms with van der Waals surface area (Å²) in [5.41, 5.74) is 3.80. The van der Waals surface area contributed by atoms with Gasteiger partial charge in [0.2, 0.25) is 0 Å². The first-order valence-electron chi connectivity index (χ1n) is 6.53. The average molecular weight is 232 g/mol. The van der Waals surface area contributed by atoms with Gasteiger partial charge in [-0.05, 0) is 50.8 Å². The molecular formula is C15H24N2. The van der Waals surface area contributed by atoms with Crippen molar-refractivity contribution < 1.29 is 0 Å². The van der Waals surface area contributed by atoms with E-state index in [2.05, 4.69) is 49.3 Å². The molecule has 0 heterocycles. The number of hydrogen-bond donors (Lipinski definition) is 2. The molecule has 0 aliphatic heterocycles. The fourth-order valence-corrected chi connectivity index (χ4v) is 1.88. The molecule has 0 bridgehead atoms. The Morgan fingerprint density at radius 1 is 1.12 bits per heavy atom. The molecule has 0 atom stereocenters. The molecule has 94 valence electrons. The van der Waals surface area contributed by atoms with Gasteiger partial charge in [-0.1, -0.05) is 12.1 Å². The molecule has 0 aromatic heterocycles. The molecule has 1 rings (SSSR count). The maximum atomic E-state index is 3.75. The largest absolute Gasteiger partial charge is 0.384 e. The van der Waals surface area contributed by atoms with Gasteiger partial charge < -0.3 is 10.6 Å². The van der Waals surface area contributed by atoms with E-state index in [0.717, 1.165) is 25.9 Å². The Balaban J connectivity index is 2.73. The number of unbranched alkanes of at least 4 members (excludes halogenated alkanes) is 1. The SMILES string of the molecule is C=CCCCc1ccc(NCC)c(NCC)c1. The van der Waals surface area contributed by atoms with Crippen LogP contribution in [0.25, 0.3) is 0 Å². The van der Waals surface area contributed by atoms with Crippen molar-refractivity contribution in [1.82, 2.24) is 0 Å². The molecule has 2 nitrogen and oxygen atoms in total. The van der Waals surface area contributed by atoms with E-state index in [0.29, 0.717) is 0 Å². The molecule has 1 aromatic rings. The number of anilines is 2. The minimum atomic E-state index is 0.953. The summed E-state index contributed by atoms with van der Waals surface area (Å²) in [5, 5.41) is 6.79. The normalized spacial score (nSPS) is 10.0. The zero-order chi connectivity index (χ0) is 12.5.